The smallest absolute Gasteiger partial charge is 0.328 e. The Labute approximate surface area is 109 Å². The Morgan fingerprint density at radius 1 is 1.42 bits per heavy atom. The topological polar surface area (TPSA) is 102 Å². The molecule has 0 aromatic rings. The molecule has 0 saturated carbocycles. The van der Waals surface area contributed by atoms with Crippen molar-refractivity contribution in [1.29, 1.82) is 0 Å². The number of rotatable bonds is 5. The van der Waals surface area contributed by atoms with Gasteiger partial charge < -0.3 is 10.1 Å². The summed E-state index contributed by atoms with van der Waals surface area (Å²) >= 11 is 0. The minimum atomic E-state index is -1.35. The fraction of sp³-hybridized carbons (Fsp3) is 0.417. The van der Waals surface area contributed by atoms with Crippen LogP contribution < -0.4 is 5.32 Å². The molecule has 0 heterocycles. The molecule has 0 aliphatic heterocycles. The van der Waals surface area contributed by atoms with Crippen LogP contribution in [0.15, 0.2) is 24.3 Å². The number of methoxy groups -OCH3 is 1. The largest absolute Gasteiger partial charge is 0.467 e. The van der Waals surface area contributed by atoms with Crippen molar-refractivity contribution in [2.45, 2.75) is 25.0 Å². The Morgan fingerprint density at radius 2 is 2.00 bits per heavy atom. The molecule has 1 aliphatic carbocycles. The third-order valence-electron chi connectivity index (χ3n) is 2.62. The van der Waals surface area contributed by atoms with Gasteiger partial charge in [0.25, 0.3) is 0 Å². The number of ether oxygens (including phenoxy) is 1. The number of allylic oxidation sites excluding steroid dienone is 2. The second kappa shape index (κ2) is 6.26. The van der Waals surface area contributed by atoms with E-state index in [-0.39, 0.29) is 12.2 Å². The molecular formula is C12H15NO6. The number of hydrogen-bond acceptors (Lipinski definition) is 6. The normalized spacial score (nSPS) is 17.9. The molecule has 7 heteroatoms. The summed E-state index contributed by atoms with van der Waals surface area (Å²) < 4.78 is 4.56. The van der Waals surface area contributed by atoms with Crippen molar-refractivity contribution in [2.24, 2.45) is 0 Å². The van der Waals surface area contributed by atoms with Gasteiger partial charge in [-0.1, -0.05) is 0 Å². The Morgan fingerprint density at radius 3 is 2.42 bits per heavy atom. The maximum absolute atomic E-state index is 11.6. The Bertz CT molecular complexity index is 424. The first-order valence-electron chi connectivity index (χ1n) is 5.52. The predicted octanol–water partition coefficient (Wildman–Crippen LogP) is -0.0223. The molecule has 1 aliphatic rings. The maximum Gasteiger partial charge on any atom is 0.328 e. The minimum Gasteiger partial charge on any atom is -0.467 e. The van der Waals surface area contributed by atoms with E-state index in [0.29, 0.717) is 0 Å². The molecule has 1 amide bonds. The lowest BCUT2D eigenvalue weighted by molar-refractivity contribution is -0.295. The molecule has 2 N–H and O–H groups in total. The molecule has 19 heavy (non-hydrogen) atoms. The van der Waals surface area contributed by atoms with Crippen LogP contribution in [-0.2, 0) is 24.0 Å². The van der Waals surface area contributed by atoms with Gasteiger partial charge in [-0.3, -0.25) is 14.8 Å². The number of esters is 1. The molecule has 0 bridgehead atoms. The lowest BCUT2D eigenvalue weighted by Crippen LogP contribution is -2.46. The van der Waals surface area contributed by atoms with Gasteiger partial charge in [0.05, 0.1) is 7.11 Å². The van der Waals surface area contributed by atoms with Gasteiger partial charge in [0.1, 0.15) is 11.6 Å². The van der Waals surface area contributed by atoms with Crippen LogP contribution in [0.5, 0.6) is 0 Å². The Kier molecular flexibility index (Phi) is 4.96. The average molecular weight is 269 g/mol. The zero-order valence-electron chi connectivity index (χ0n) is 10.6. The lowest BCUT2D eigenvalue weighted by atomic mass is 9.90. The van der Waals surface area contributed by atoms with Crippen molar-refractivity contribution in [3.8, 4) is 0 Å². The standard InChI is InChI=1S/C12H15NO6/c1-8(14)13-10(11(16)18-2)7-12(19-17)5-3-9(15)4-6-12/h3-6,10,17H,7H2,1-2H3,(H,13,14)/t10-/m0/s1. The summed E-state index contributed by atoms with van der Waals surface area (Å²) in [6, 6.07) is -1.00. The van der Waals surface area contributed by atoms with Crippen molar-refractivity contribution < 1.29 is 29.3 Å². The van der Waals surface area contributed by atoms with E-state index in [0.717, 1.165) is 0 Å². The van der Waals surface area contributed by atoms with Gasteiger partial charge in [0, 0.05) is 13.3 Å². The van der Waals surface area contributed by atoms with E-state index >= 15 is 0 Å². The summed E-state index contributed by atoms with van der Waals surface area (Å²) in [6.45, 7) is 1.25. The highest BCUT2D eigenvalue weighted by atomic mass is 17.1. The number of ketones is 1. The van der Waals surface area contributed by atoms with E-state index in [9.17, 15) is 14.4 Å². The van der Waals surface area contributed by atoms with Gasteiger partial charge in [-0.25, -0.2) is 9.68 Å². The van der Waals surface area contributed by atoms with E-state index < -0.39 is 23.5 Å². The molecule has 104 valence electrons. The second-order valence-corrected chi connectivity index (χ2v) is 4.10. The highest BCUT2D eigenvalue weighted by Crippen LogP contribution is 2.24. The van der Waals surface area contributed by atoms with E-state index in [1.807, 2.05) is 0 Å². The van der Waals surface area contributed by atoms with Gasteiger partial charge in [0.15, 0.2) is 5.78 Å². The quantitative estimate of drug-likeness (QED) is 0.413. The lowest BCUT2D eigenvalue weighted by Gasteiger charge is -2.28. The first-order chi connectivity index (χ1) is 8.92. The summed E-state index contributed by atoms with van der Waals surface area (Å²) in [5, 5.41) is 11.4. The fourth-order valence-electron chi connectivity index (χ4n) is 1.69. The van der Waals surface area contributed by atoms with Crippen LogP contribution in [0.1, 0.15) is 13.3 Å². The molecule has 0 saturated heterocycles. The van der Waals surface area contributed by atoms with Crippen LogP contribution in [0, 0.1) is 0 Å². The monoisotopic (exact) mass is 269 g/mol. The summed E-state index contributed by atoms with van der Waals surface area (Å²) in [7, 11) is 1.18. The first-order valence-corrected chi connectivity index (χ1v) is 5.52. The van der Waals surface area contributed by atoms with E-state index in [4.69, 9.17) is 5.26 Å². The summed E-state index contributed by atoms with van der Waals surface area (Å²) in [4.78, 5) is 38.0. The SMILES string of the molecule is COC(=O)[C@H](CC1(OO)C=CC(=O)C=C1)NC(C)=O. The van der Waals surface area contributed by atoms with Crippen LogP contribution in [0.4, 0.5) is 0 Å². The van der Waals surface area contributed by atoms with Crippen molar-refractivity contribution in [2.75, 3.05) is 7.11 Å². The number of hydrogen-bond donors (Lipinski definition) is 2. The third-order valence-corrected chi connectivity index (χ3v) is 2.62. The average Bonchev–Trinajstić information content (AvgIpc) is 2.39. The molecule has 0 unspecified atom stereocenters. The Balaban J connectivity index is 2.90. The highest BCUT2D eigenvalue weighted by Gasteiger charge is 2.35. The number of carbonyl (C=O) groups is 3. The number of nitrogens with one attached hydrogen (secondary N) is 1. The van der Waals surface area contributed by atoms with Crippen molar-refractivity contribution in [3.05, 3.63) is 24.3 Å². The molecular weight excluding hydrogens is 254 g/mol. The zero-order valence-corrected chi connectivity index (χ0v) is 10.6. The molecule has 7 nitrogen and oxygen atoms in total. The van der Waals surface area contributed by atoms with Gasteiger partial charge >= 0.3 is 5.97 Å². The van der Waals surface area contributed by atoms with Crippen LogP contribution >= 0.6 is 0 Å². The predicted molar refractivity (Wildman–Crippen MR) is 64.0 cm³/mol. The van der Waals surface area contributed by atoms with Gasteiger partial charge in [0.2, 0.25) is 5.91 Å². The van der Waals surface area contributed by atoms with Crippen LogP contribution in [-0.4, -0.2) is 41.7 Å². The summed E-state index contributed by atoms with van der Waals surface area (Å²) in [5.41, 5.74) is -1.35. The highest BCUT2D eigenvalue weighted by molar-refractivity contribution is 6.00. The first kappa shape index (κ1) is 15.1. The molecule has 0 aromatic heterocycles. The van der Waals surface area contributed by atoms with Gasteiger partial charge in [-0.2, -0.15) is 0 Å². The third kappa shape index (κ3) is 4.01. The van der Waals surface area contributed by atoms with Gasteiger partial charge in [-0.05, 0) is 24.3 Å². The molecule has 1 rings (SSSR count). The maximum atomic E-state index is 11.6. The molecule has 1 atom stereocenters. The fourth-order valence-corrected chi connectivity index (χ4v) is 1.69. The second-order valence-electron chi connectivity index (χ2n) is 4.10. The van der Waals surface area contributed by atoms with Crippen molar-refractivity contribution in [1.82, 2.24) is 5.32 Å². The molecule has 0 radical (unpaired) electrons. The Hall–Kier alpha value is -1.99. The minimum absolute atomic E-state index is 0.101. The summed E-state index contributed by atoms with van der Waals surface area (Å²) in [5.74, 6) is -1.37. The summed E-state index contributed by atoms with van der Waals surface area (Å²) in [6.07, 6.45) is 4.94. The zero-order chi connectivity index (χ0) is 14.5. The van der Waals surface area contributed by atoms with E-state index in [1.165, 1.54) is 38.3 Å². The molecule has 0 spiro atoms. The molecule has 0 fully saturated rings. The van der Waals surface area contributed by atoms with Crippen LogP contribution in [0.3, 0.4) is 0 Å². The van der Waals surface area contributed by atoms with Crippen molar-refractivity contribution in [3.63, 3.8) is 0 Å². The van der Waals surface area contributed by atoms with Crippen LogP contribution in [0.2, 0.25) is 0 Å². The number of amides is 1. The van der Waals surface area contributed by atoms with E-state index in [2.05, 4.69) is 14.9 Å². The number of carbonyl (C=O) groups excluding carboxylic acids is 3. The van der Waals surface area contributed by atoms with Crippen molar-refractivity contribution >= 4 is 17.7 Å². The van der Waals surface area contributed by atoms with E-state index in [1.54, 1.807) is 0 Å². The molecule has 0 aromatic carbocycles. The van der Waals surface area contributed by atoms with Gasteiger partial charge in [-0.15, -0.1) is 0 Å². The van der Waals surface area contributed by atoms with Crippen LogP contribution in [0.25, 0.3) is 0 Å².